The highest BCUT2D eigenvalue weighted by molar-refractivity contribution is 5.59. The number of methoxy groups -OCH3 is 2. The summed E-state index contributed by atoms with van der Waals surface area (Å²) in [4.78, 5) is 22.7. The first-order chi connectivity index (χ1) is 16.5. The molecule has 1 aromatic heterocycles. The van der Waals surface area contributed by atoms with Crippen molar-refractivity contribution in [2.75, 3.05) is 32.3 Å². The zero-order chi connectivity index (χ0) is 24.2. The molecule has 0 bridgehead atoms. The molecular weight excluding hydrogens is 428 g/mol. The lowest BCUT2D eigenvalue weighted by Crippen LogP contribution is -2.48. The number of fused-ring (bicyclic) bond motifs is 1. The van der Waals surface area contributed by atoms with Gasteiger partial charge in [-0.3, -0.25) is 19.2 Å². The van der Waals surface area contributed by atoms with Crippen LogP contribution in [-0.2, 0) is 25.9 Å². The zero-order valence-corrected chi connectivity index (χ0v) is 20.8. The molecule has 0 unspecified atom stereocenters. The zero-order valence-electron chi connectivity index (χ0n) is 20.8. The highest BCUT2D eigenvalue weighted by atomic mass is 16.5. The summed E-state index contributed by atoms with van der Waals surface area (Å²) >= 11 is 0. The first-order valence-electron chi connectivity index (χ1n) is 11.9. The molecular formula is C27H34N4O3. The molecule has 2 aromatic carbocycles. The van der Waals surface area contributed by atoms with Gasteiger partial charge in [0.05, 0.1) is 27.6 Å². The first kappa shape index (κ1) is 23.8. The quantitative estimate of drug-likeness (QED) is 0.497. The average Bonchev–Trinajstić information content (AvgIpc) is 2.87. The number of ether oxygens (including phenoxy) is 2. The van der Waals surface area contributed by atoms with Crippen molar-refractivity contribution in [3.05, 3.63) is 75.2 Å². The molecule has 0 N–H and O–H groups in total. The second-order valence-corrected chi connectivity index (χ2v) is 8.63. The van der Waals surface area contributed by atoms with Gasteiger partial charge in [0.1, 0.15) is 0 Å². The maximum Gasteiger partial charge on any atom is 0.259 e. The molecule has 34 heavy (non-hydrogen) atoms. The van der Waals surface area contributed by atoms with Crippen LogP contribution in [-0.4, -0.2) is 41.9 Å². The van der Waals surface area contributed by atoms with Gasteiger partial charge in [-0.1, -0.05) is 32.0 Å². The Morgan fingerprint density at radius 2 is 1.62 bits per heavy atom. The second kappa shape index (κ2) is 10.3. The number of hydrogen-bond donors (Lipinski definition) is 0. The summed E-state index contributed by atoms with van der Waals surface area (Å²) in [6.45, 7) is 8.07. The second-order valence-electron chi connectivity index (χ2n) is 8.63. The monoisotopic (exact) mass is 462 g/mol. The Morgan fingerprint density at radius 1 is 0.912 bits per heavy atom. The third-order valence-electron chi connectivity index (χ3n) is 6.55. The van der Waals surface area contributed by atoms with Crippen LogP contribution in [0.15, 0.2) is 47.3 Å². The molecule has 1 aliphatic heterocycles. The maximum atomic E-state index is 13.4. The normalized spacial score (nSPS) is 13.6. The Bertz CT molecular complexity index is 1200. The van der Waals surface area contributed by atoms with E-state index in [2.05, 4.69) is 47.1 Å². The Labute approximate surface area is 201 Å². The Kier molecular flexibility index (Phi) is 7.22. The van der Waals surface area contributed by atoms with Crippen molar-refractivity contribution in [3.8, 4) is 11.5 Å². The van der Waals surface area contributed by atoms with Crippen molar-refractivity contribution in [1.29, 1.82) is 0 Å². The molecule has 7 heteroatoms. The van der Waals surface area contributed by atoms with Crippen molar-refractivity contribution < 1.29 is 9.47 Å². The third-order valence-corrected chi connectivity index (χ3v) is 6.55. The summed E-state index contributed by atoms with van der Waals surface area (Å²) in [5.41, 5.74) is 5.13. The van der Waals surface area contributed by atoms with Crippen LogP contribution >= 0.6 is 0 Å². The van der Waals surface area contributed by atoms with E-state index in [0.29, 0.717) is 25.7 Å². The minimum absolute atomic E-state index is 0.0518. The molecule has 0 radical (unpaired) electrons. The van der Waals surface area contributed by atoms with Gasteiger partial charge >= 0.3 is 0 Å². The van der Waals surface area contributed by atoms with Crippen LogP contribution in [0.5, 0.6) is 11.5 Å². The van der Waals surface area contributed by atoms with Gasteiger partial charge in [-0.2, -0.15) is 0 Å². The first-order valence-corrected chi connectivity index (χ1v) is 11.9. The van der Waals surface area contributed by atoms with Crippen LogP contribution in [0.4, 0.5) is 11.6 Å². The van der Waals surface area contributed by atoms with Crippen LogP contribution in [0.25, 0.3) is 0 Å². The smallest absolute Gasteiger partial charge is 0.259 e. The summed E-state index contributed by atoms with van der Waals surface area (Å²) in [5, 5.41) is 0. The van der Waals surface area contributed by atoms with Gasteiger partial charge < -0.3 is 9.47 Å². The fourth-order valence-corrected chi connectivity index (χ4v) is 4.51. The fraction of sp³-hybridized carbons (Fsp3) is 0.407. The summed E-state index contributed by atoms with van der Waals surface area (Å²) in [6, 6.07) is 14.6. The predicted octanol–water partition coefficient (Wildman–Crippen LogP) is 4.31. The van der Waals surface area contributed by atoms with Crippen LogP contribution in [0.1, 0.15) is 36.2 Å². The fourth-order valence-electron chi connectivity index (χ4n) is 4.51. The lowest BCUT2D eigenvalue weighted by molar-refractivity contribution is 0.200. The molecule has 0 atom stereocenters. The minimum Gasteiger partial charge on any atom is -0.493 e. The van der Waals surface area contributed by atoms with E-state index in [9.17, 15) is 4.79 Å². The van der Waals surface area contributed by atoms with Crippen LogP contribution in [0.2, 0.25) is 0 Å². The molecule has 0 amide bonds. The Balaban J connectivity index is 1.65. The van der Waals surface area contributed by atoms with E-state index in [1.807, 2.05) is 30.5 Å². The highest BCUT2D eigenvalue weighted by Gasteiger charge is 2.27. The van der Waals surface area contributed by atoms with Crippen LogP contribution < -0.4 is 19.9 Å². The van der Waals surface area contributed by atoms with Crippen molar-refractivity contribution in [2.45, 2.75) is 46.7 Å². The molecule has 180 valence electrons. The molecule has 4 rings (SSSR count). The number of benzene rings is 2. The standard InChI is InChI=1S/C27H34N4O3/c1-6-20-8-11-22(12-9-20)30-17-29(15-14-21-10-13-24(33-4)25(16-21)34-5)18-31-26(32)23(7-2)19(3)28-27(30)31/h8-13,16H,6-7,14-15,17-18H2,1-5H3. The molecule has 3 aromatic rings. The average molecular weight is 463 g/mol. The van der Waals surface area contributed by atoms with Crippen molar-refractivity contribution in [2.24, 2.45) is 0 Å². The Hall–Kier alpha value is -3.32. The number of rotatable bonds is 8. The van der Waals surface area contributed by atoms with E-state index in [4.69, 9.17) is 14.5 Å². The van der Waals surface area contributed by atoms with Gasteiger partial charge in [-0.15, -0.1) is 0 Å². The van der Waals surface area contributed by atoms with Crippen molar-refractivity contribution in [1.82, 2.24) is 14.5 Å². The van der Waals surface area contributed by atoms with Gasteiger partial charge in [0.25, 0.3) is 5.56 Å². The summed E-state index contributed by atoms with van der Waals surface area (Å²) in [6.07, 6.45) is 2.49. The van der Waals surface area contributed by atoms with Gasteiger partial charge in [0.2, 0.25) is 5.95 Å². The van der Waals surface area contributed by atoms with Gasteiger partial charge in [-0.05, 0) is 61.6 Å². The summed E-state index contributed by atoms with van der Waals surface area (Å²) < 4.78 is 12.6. The van der Waals surface area contributed by atoms with Crippen molar-refractivity contribution in [3.63, 3.8) is 0 Å². The topological polar surface area (TPSA) is 59.8 Å². The molecule has 0 saturated carbocycles. The van der Waals surface area contributed by atoms with Crippen molar-refractivity contribution >= 4 is 11.6 Å². The molecule has 0 spiro atoms. The highest BCUT2D eigenvalue weighted by Crippen LogP contribution is 2.30. The van der Waals surface area contributed by atoms with Gasteiger partial charge in [0.15, 0.2) is 11.5 Å². The molecule has 0 saturated heterocycles. The predicted molar refractivity (Wildman–Crippen MR) is 135 cm³/mol. The van der Waals surface area contributed by atoms with E-state index >= 15 is 0 Å². The van der Waals surface area contributed by atoms with Gasteiger partial charge in [0, 0.05) is 23.5 Å². The number of hydrogen-bond acceptors (Lipinski definition) is 6. The van der Waals surface area contributed by atoms with Gasteiger partial charge in [-0.25, -0.2) is 4.98 Å². The largest absolute Gasteiger partial charge is 0.493 e. The lowest BCUT2D eigenvalue weighted by Gasteiger charge is -2.38. The molecule has 0 fully saturated rings. The summed E-state index contributed by atoms with van der Waals surface area (Å²) in [7, 11) is 3.29. The number of aromatic nitrogens is 2. The van der Waals surface area contributed by atoms with Crippen LogP contribution in [0, 0.1) is 6.92 Å². The van der Waals surface area contributed by atoms with E-state index < -0.39 is 0 Å². The molecule has 7 nitrogen and oxygen atoms in total. The number of nitrogens with zero attached hydrogens (tertiary/aromatic N) is 4. The molecule has 1 aliphatic rings. The minimum atomic E-state index is 0.0518. The Morgan fingerprint density at radius 3 is 2.26 bits per heavy atom. The third kappa shape index (κ3) is 4.66. The maximum absolute atomic E-state index is 13.4. The van der Waals surface area contributed by atoms with Crippen LogP contribution in [0.3, 0.4) is 0 Å². The SMILES string of the molecule is CCc1ccc(N2CN(CCc3ccc(OC)c(OC)c3)Cn3c2nc(C)c(CC)c3=O)cc1. The van der Waals surface area contributed by atoms with E-state index in [-0.39, 0.29) is 5.56 Å². The number of aryl methyl sites for hydroxylation is 2. The number of anilines is 2. The summed E-state index contributed by atoms with van der Waals surface area (Å²) in [5.74, 6) is 2.16. The van der Waals surface area contributed by atoms with E-state index in [1.165, 1.54) is 5.56 Å². The molecule has 2 heterocycles. The lowest BCUT2D eigenvalue weighted by atomic mass is 10.1. The molecule has 0 aliphatic carbocycles. The van der Waals surface area contributed by atoms with E-state index in [0.717, 1.165) is 53.4 Å². The van der Waals surface area contributed by atoms with E-state index in [1.54, 1.807) is 14.2 Å².